The van der Waals surface area contributed by atoms with E-state index in [4.69, 9.17) is 11.6 Å². The predicted molar refractivity (Wildman–Crippen MR) is 106 cm³/mol. The van der Waals surface area contributed by atoms with Crippen molar-refractivity contribution in [2.24, 2.45) is 0 Å². The zero-order chi connectivity index (χ0) is 21.9. The van der Waals surface area contributed by atoms with Crippen LogP contribution in [-0.4, -0.2) is 33.6 Å². The molecule has 0 bridgehead atoms. The molecular formula is C18H16ClF3N4O3S. The maximum absolute atomic E-state index is 12.8. The molecule has 3 rings (SSSR count). The van der Waals surface area contributed by atoms with Gasteiger partial charge in [0.05, 0.1) is 34.1 Å². The quantitative estimate of drug-likeness (QED) is 0.435. The number of benzene rings is 1. The topological polar surface area (TPSA) is 104 Å². The van der Waals surface area contributed by atoms with Crippen molar-refractivity contribution in [2.75, 3.05) is 11.1 Å². The Balaban J connectivity index is 1.60. The van der Waals surface area contributed by atoms with Gasteiger partial charge in [0.1, 0.15) is 0 Å². The molecule has 0 atom stereocenters. The van der Waals surface area contributed by atoms with Crippen LogP contribution in [-0.2, 0) is 22.2 Å². The average molecular weight is 461 g/mol. The van der Waals surface area contributed by atoms with Crippen molar-refractivity contribution in [3.63, 3.8) is 0 Å². The van der Waals surface area contributed by atoms with Gasteiger partial charge in [-0.05, 0) is 31.0 Å². The number of hydrogen-bond acceptors (Lipinski definition) is 5. The van der Waals surface area contributed by atoms with Crippen molar-refractivity contribution in [3.05, 3.63) is 50.9 Å². The van der Waals surface area contributed by atoms with Crippen LogP contribution in [0.1, 0.15) is 24.1 Å². The molecule has 0 saturated heterocycles. The maximum atomic E-state index is 12.8. The van der Waals surface area contributed by atoms with Crippen LogP contribution in [0.4, 0.5) is 18.9 Å². The van der Waals surface area contributed by atoms with Crippen molar-refractivity contribution >= 4 is 40.9 Å². The SMILES string of the molecule is O=C(CSc1nc(CC(=O)NC2CC2)cc(=O)[nH]1)Nc1cc(C(F)(F)F)ccc1Cl. The lowest BCUT2D eigenvalue weighted by Gasteiger charge is -2.11. The number of aromatic nitrogens is 2. The van der Waals surface area contributed by atoms with E-state index in [1.165, 1.54) is 6.07 Å². The summed E-state index contributed by atoms with van der Waals surface area (Å²) in [5.41, 5.74) is -1.36. The lowest BCUT2D eigenvalue weighted by atomic mass is 10.2. The number of carbonyl (C=O) groups is 2. The second kappa shape index (κ2) is 9.09. The number of halogens is 4. The van der Waals surface area contributed by atoms with Gasteiger partial charge in [-0.2, -0.15) is 13.2 Å². The fourth-order valence-corrected chi connectivity index (χ4v) is 3.29. The summed E-state index contributed by atoms with van der Waals surface area (Å²) in [4.78, 5) is 42.3. The molecule has 3 N–H and O–H groups in total. The van der Waals surface area contributed by atoms with Crippen LogP contribution >= 0.6 is 23.4 Å². The zero-order valence-corrected chi connectivity index (χ0v) is 16.9. The fourth-order valence-electron chi connectivity index (χ4n) is 2.43. The number of nitrogens with zero attached hydrogens (tertiary/aromatic N) is 1. The third-order valence-electron chi connectivity index (χ3n) is 3.96. The summed E-state index contributed by atoms with van der Waals surface area (Å²) in [5, 5.41) is 5.16. The Morgan fingerprint density at radius 1 is 1.23 bits per heavy atom. The van der Waals surface area contributed by atoms with Crippen molar-refractivity contribution in [1.82, 2.24) is 15.3 Å². The minimum Gasteiger partial charge on any atom is -0.353 e. The number of rotatable bonds is 7. The van der Waals surface area contributed by atoms with Gasteiger partial charge in [0.25, 0.3) is 5.56 Å². The largest absolute Gasteiger partial charge is 0.416 e. The summed E-state index contributed by atoms with van der Waals surface area (Å²) < 4.78 is 38.4. The predicted octanol–water partition coefficient (Wildman–Crippen LogP) is 2.99. The Morgan fingerprint density at radius 2 is 1.97 bits per heavy atom. The number of carbonyl (C=O) groups excluding carboxylic acids is 2. The van der Waals surface area contributed by atoms with E-state index in [0.717, 1.165) is 42.8 Å². The number of aromatic amines is 1. The molecule has 1 aromatic carbocycles. The van der Waals surface area contributed by atoms with Crippen molar-refractivity contribution in [3.8, 4) is 0 Å². The van der Waals surface area contributed by atoms with Gasteiger partial charge in [-0.3, -0.25) is 14.4 Å². The highest BCUT2D eigenvalue weighted by molar-refractivity contribution is 7.99. The number of alkyl halides is 3. The summed E-state index contributed by atoms with van der Waals surface area (Å²) in [6.07, 6.45) is -2.78. The molecule has 1 aliphatic rings. The monoisotopic (exact) mass is 460 g/mol. The zero-order valence-electron chi connectivity index (χ0n) is 15.3. The Bertz CT molecular complexity index is 1020. The molecule has 1 heterocycles. The molecule has 0 radical (unpaired) electrons. The second-order valence-electron chi connectivity index (χ2n) is 6.59. The highest BCUT2D eigenvalue weighted by Gasteiger charge is 2.31. The van der Waals surface area contributed by atoms with Crippen LogP contribution in [0.15, 0.2) is 34.2 Å². The molecule has 12 heteroatoms. The third-order valence-corrected chi connectivity index (χ3v) is 5.17. The molecule has 0 spiro atoms. The molecule has 30 heavy (non-hydrogen) atoms. The molecule has 1 fully saturated rings. The van der Waals surface area contributed by atoms with Crippen molar-refractivity contribution in [1.29, 1.82) is 0 Å². The molecule has 160 valence electrons. The Labute approximate surface area is 177 Å². The Kier molecular flexibility index (Phi) is 6.71. The summed E-state index contributed by atoms with van der Waals surface area (Å²) >= 11 is 6.72. The van der Waals surface area contributed by atoms with Crippen LogP contribution in [0.25, 0.3) is 0 Å². The van der Waals surface area contributed by atoms with Gasteiger partial charge in [0.15, 0.2) is 5.16 Å². The van der Waals surface area contributed by atoms with E-state index in [2.05, 4.69) is 20.6 Å². The molecule has 1 aliphatic carbocycles. The number of anilines is 1. The van der Waals surface area contributed by atoms with E-state index in [1.54, 1.807) is 0 Å². The minimum atomic E-state index is -4.57. The highest BCUT2D eigenvalue weighted by Crippen LogP contribution is 2.33. The van der Waals surface area contributed by atoms with E-state index in [-0.39, 0.29) is 45.7 Å². The van der Waals surface area contributed by atoms with E-state index in [9.17, 15) is 27.6 Å². The summed E-state index contributed by atoms with van der Waals surface area (Å²) in [7, 11) is 0. The van der Waals surface area contributed by atoms with Gasteiger partial charge in [-0.15, -0.1) is 0 Å². The molecule has 0 unspecified atom stereocenters. The molecular weight excluding hydrogens is 445 g/mol. The molecule has 7 nitrogen and oxygen atoms in total. The van der Waals surface area contributed by atoms with Crippen LogP contribution in [0.2, 0.25) is 5.02 Å². The van der Waals surface area contributed by atoms with Gasteiger partial charge >= 0.3 is 6.18 Å². The van der Waals surface area contributed by atoms with Gasteiger partial charge in [0.2, 0.25) is 11.8 Å². The molecule has 2 aromatic rings. The number of H-pyrrole nitrogens is 1. The first-order valence-corrected chi connectivity index (χ1v) is 10.2. The molecule has 2 amide bonds. The summed E-state index contributed by atoms with van der Waals surface area (Å²) in [5.74, 6) is -1.13. The Morgan fingerprint density at radius 3 is 2.63 bits per heavy atom. The van der Waals surface area contributed by atoms with E-state index >= 15 is 0 Å². The van der Waals surface area contributed by atoms with E-state index in [0.29, 0.717) is 0 Å². The molecule has 0 aliphatic heterocycles. The van der Waals surface area contributed by atoms with Crippen molar-refractivity contribution < 1.29 is 22.8 Å². The first-order valence-electron chi connectivity index (χ1n) is 8.79. The highest BCUT2D eigenvalue weighted by atomic mass is 35.5. The number of thioether (sulfide) groups is 1. The van der Waals surface area contributed by atoms with Gasteiger partial charge < -0.3 is 15.6 Å². The van der Waals surface area contributed by atoms with Crippen LogP contribution in [0.3, 0.4) is 0 Å². The van der Waals surface area contributed by atoms with Crippen LogP contribution in [0.5, 0.6) is 0 Å². The minimum absolute atomic E-state index is 0.0449. The third kappa shape index (κ3) is 6.49. The molecule has 1 saturated carbocycles. The van der Waals surface area contributed by atoms with E-state index in [1.807, 2.05) is 0 Å². The van der Waals surface area contributed by atoms with Gasteiger partial charge in [0, 0.05) is 12.1 Å². The second-order valence-corrected chi connectivity index (χ2v) is 7.96. The number of amides is 2. The van der Waals surface area contributed by atoms with Crippen molar-refractivity contribution in [2.45, 2.75) is 36.6 Å². The summed E-state index contributed by atoms with van der Waals surface area (Å²) in [6.45, 7) is 0. The lowest BCUT2D eigenvalue weighted by molar-refractivity contribution is -0.137. The number of hydrogen-bond donors (Lipinski definition) is 3. The fraction of sp³-hybridized carbons (Fsp3) is 0.333. The average Bonchev–Trinajstić information content (AvgIpc) is 3.44. The first kappa shape index (κ1) is 22.2. The van der Waals surface area contributed by atoms with Crippen LogP contribution in [0, 0.1) is 0 Å². The summed E-state index contributed by atoms with van der Waals surface area (Å²) in [6, 6.07) is 3.97. The standard InChI is InChI=1S/C18H16ClF3N4O3S/c19-12-4-1-9(18(20,21)22)5-13(12)25-16(29)8-30-17-24-11(7-15(28)26-17)6-14(27)23-10-2-3-10/h1,4-5,7,10H,2-3,6,8H2,(H,23,27)(H,25,29)(H,24,26,28). The lowest BCUT2D eigenvalue weighted by Crippen LogP contribution is -2.28. The van der Waals surface area contributed by atoms with Crippen LogP contribution < -0.4 is 16.2 Å². The maximum Gasteiger partial charge on any atom is 0.416 e. The van der Waals surface area contributed by atoms with Gasteiger partial charge in [-0.1, -0.05) is 23.4 Å². The number of nitrogens with one attached hydrogen (secondary N) is 3. The van der Waals surface area contributed by atoms with E-state index < -0.39 is 23.2 Å². The Hall–Kier alpha value is -2.53. The molecule has 1 aromatic heterocycles. The smallest absolute Gasteiger partial charge is 0.353 e. The normalized spacial score (nSPS) is 13.7. The van der Waals surface area contributed by atoms with Gasteiger partial charge in [-0.25, -0.2) is 4.98 Å². The first-order chi connectivity index (χ1) is 14.1.